The van der Waals surface area contributed by atoms with Crippen molar-refractivity contribution in [1.29, 1.82) is 0 Å². The second kappa shape index (κ2) is 9.80. The summed E-state index contributed by atoms with van der Waals surface area (Å²) >= 11 is 0. The van der Waals surface area contributed by atoms with E-state index in [4.69, 9.17) is 4.74 Å². The number of nitrogens with one attached hydrogen (secondary N) is 2. The van der Waals surface area contributed by atoms with E-state index in [1.165, 1.54) is 18.4 Å². The Bertz CT molecular complexity index is 894. The predicted octanol–water partition coefficient (Wildman–Crippen LogP) is 2.36. The molecule has 1 unspecified atom stereocenters. The number of carbonyl (C=O) groups excluding carboxylic acids is 3. The molecule has 28 heavy (non-hydrogen) atoms. The molecule has 0 bridgehead atoms. The molecule has 2 N–H and O–H groups in total. The lowest BCUT2D eigenvalue weighted by atomic mass is 10.1. The Labute approximate surface area is 165 Å². The van der Waals surface area contributed by atoms with Gasteiger partial charge in [0.1, 0.15) is 0 Å². The number of para-hydroxylation sites is 1. The van der Waals surface area contributed by atoms with Gasteiger partial charge in [-0.2, -0.15) is 0 Å². The highest BCUT2D eigenvalue weighted by molar-refractivity contribution is 7.84. The molecular weight excluding hydrogens is 380 g/mol. The minimum atomic E-state index is -1.14. The Morgan fingerprint density at radius 3 is 2.29 bits per heavy atom. The Hall–Kier alpha value is -3.00. The molecule has 1 atom stereocenters. The summed E-state index contributed by atoms with van der Waals surface area (Å²) in [6.07, 6.45) is 1.54. The fraction of sp³-hybridized carbons (Fsp3) is 0.250. The van der Waals surface area contributed by atoms with Crippen molar-refractivity contribution in [2.75, 3.05) is 18.2 Å². The molecule has 0 aliphatic carbocycles. The number of benzene rings is 2. The van der Waals surface area contributed by atoms with E-state index in [9.17, 15) is 18.6 Å². The van der Waals surface area contributed by atoms with Crippen LogP contribution in [0.1, 0.15) is 34.6 Å². The van der Waals surface area contributed by atoms with Crippen molar-refractivity contribution in [2.45, 2.75) is 24.8 Å². The summed E-state index contributed by atoms with van der Waals surface area (Å²) in [6.45, 7) is 3.17. The summed E-state index contributed by atoms with van der Waals surface area (Å²) in [6, 6.07) is 12.6. The van der Waals surface area contributed by atoms with Crippen molar-refractivity contribution in [1.82, 2.24) is 5.32 Å². The average molecular weight is 402 g/mol. The Kier molecular flexibility index (Phi) is 7.45. The van der Waals surface area contributed by atoms with E-state index < -0.39 is 29.3 Å². The second-order valence-electron chi connectivity index (χ2n) is 6.28. The fourth-order valence-corrected chi connectivity index (χ4v) is 2.83. The molecule has 0 saturated heterocycles. The smallest absolute Gasteiger partial charge is 0.338 e. The van der Waals surface area contributed by atoms with Crippen LogP contribution in [0.15, 0.2) is 53.4 Å². The van der Waals surface area contributed by atoms with Crippen molar-refractivity contribution in [3.8, 4) is 0 Å². The normalized spacial score (nSPS) is 11.6. The maximum absolute atomic E-state index is 12.2. The Morgan fingerprint density at radius 1 is 1.04 bits per heavy atom. The van der Waals surface area contributed by atoms with E-state index in [1.54, 1.807) is 36.4 Å². The first-order chi connectivity index (χ1) is 13.3. The number of esters is 1. The number of amides is 2. The lowest BCUT2D eigenvalue weighted by molar-refractivity contribution is -0.119. The topological polar surface area (TPSA) is 102 Å². The molecule has 2 aromatic carbocycles. The van der Waals surface area contributed by atoms with Crippen LogP contribution in [0.2, 0.25) is 0 Å². The lowest BCUT2D eigenvalue weighted by Gasteiger charge is -2.13. The van der Waals surface area contributed by atoms with E-state index in [0.717, 1.165) is 0 Å². The third kappa shape index (κ3) is 6.02. The summed E-state index contributed by atoms with van der Waals surface area (Å²) < 4.78 is 16.4. The number of ether oxygens (including phenoxy) is 1. The first-order valence-corrected chi connectivity index (χ1v) is 10.1. The summed E-state index contributed by atoms with van der Waals surface area (Å²) in [7, 11) is -1.14. The molecule has 148 valence electrons. The summed E-state index contributed by atoms with van der Waals surface area (Å²) in [5.74, 6) is -1.55. The van der Waals surface area contributed by atoms with E-state index >= 15 is 0 Å². The van der Waals surface area contributed by atoms with Gasteiger partial charge in [0.15, 0.2) is 6.61 Å². The van der Waals surface area contributed by atoms with Gasteiger partial charge in [0.25, 0.3) is 11.8 Å². The van der Waals surface area contributed by atoms with E-state index in [1.807, 2.05) is 13.8 Å². The maximum Gasteiger partial charge on any atom is 0.338 e. The summed E-state index contributed by atoms with van der Waals surface area (Å²) in [4.78, 5) is 37.0. The van der Waals surface area contributed by atoms with Crippen molar-refractivity contribution in [3.05, 3.63) is 59.7 Å². The molecule has 0 aliphatic rings. The Balaban J connectivity index is 1.96. The van der Waals surface area contributed by atoms with Gasteiger partial charge in [0.05, 0.1) is 16.8 Å². The molecule has 2 amide bonds. The van der Waals surface area contributed by atoms with Crippen molar-refractivity contribution < 1.29 is 23.3 Å². The van der Waals surface area contributed by atoms with Crippen molar-refractivity contribution in [3.63, 3.8) is 0 Å². The van der Waals surface area contributed by atoms with Crippen molar-refractivity contribution in [2.24, 2.45) is 0 Å². The molecule has 0 radical (unpaired) electrons. The zero-order valence-electron chi connectivity index (χ0n) is 15.9. The first kappa shape index (κ1) is 21.3. The monoisotopic (exact) mass is 402 g/mol. The zero-order chi connectivity index (χ0) is 20.7. The van der Waals surface area contributed by atoms with Gasteiger partial charge in [-0.3, -0.25) is 13.8 Å². The van der Waals surface area contributed by atoms with E-state index in [0.29, 0.717) is 16.1 Å². The summed E-state index contributed by atoms with van der Waals surface area (Å²) in [5.41, 5.74) is 0.897. The van der Waals surface area contributed by atoms with Crippen LogP contribution in [0.4, 0.5) is 5.69 Å². The van der Waals surface area contributed by atoms with Crippen LogP contribution in [-0.2, 0) is 20.3 Å². The van der Waals surface area contributed by atoms with Gasteiger partial charge >= 0.3 is 5.97 Å². The molecule has 0 spiro atoms. The molecule has 0 aliphatic heterocycles. The zero-order valence-corrected chi connectivity index (χ0v) is 16.7. The fourth-order valence-electron chi connectivity index (χ4n) is 2.31. The molecule has 0 heterocycles. The number of hydrogen-bond donors (Lipinski definition) is 2. The van der Waals surface area contributed by atoms with Gasteiger partial charge in [-0.15, -0.1) is 0 Å². The van der Waals surface area contributed by atoms with E-state index in [-0.39, 0.29) is 17.5 Å². The van der Waals surface area contributed by atoms with Crippen LogP contribution in [-0.4, -0.2) is 40.9 Å². The van der Waals surface area contributed by atoms with Crippen LogP contribution in [0.3, 0.4) is 0 Å². The molecule has 2 rings (SSSR count). The van der Waals surface area contributed by atoms with Gasteiger partial charge in [-0.1, -0.05) is 12.1 Å². The van der Waals surface area contributed by atoms with Crippen LogP contribution in [0.5, 0.6) is 0 Å². The molecule has 7 nitrogen and oxygen atoms in total. The second-order valence-corrected chi connectivity index (χ2v) is 7.66. The number of carbonyl (C=O) groups is 3. The van der Waals surface area contributed by atoms with Gasteiger partial charge in [-0.25, -0.2) is 4.79 Å². The SMILES string of the molecule is CC(C)NC(=O)c1ccccc1NC(=O)COC(=O)c1ccc(S(C)=O)cc1. The van der Waals surface area contributed by atoms with Gasteiger partial charge < -0.3 is 15.4 Å². The lowest BCUT2D eigenvalue weighted by Crippen LogP contribution is -2.31. The largest absolute Gasteiger partial charge is 0.452 e. The minimum absolute atomic E-state index is 0.0475. The van der Waals surface area contributed by atoms with Crippen LogP contribution < -0.4 is 10.6 Å². The molecular formula is C20H22N2O5S. The predicted molar refractivity (Wildman–Crippen MR) is 107 cm³/mol. The van der Waals surface area contributed by atoms with E-state index in [2.05, 4.69) is 10.6 Å². The average Bonchev–Trinajstić information content (AvgIpc) is 2.66. The molecule has 8 heteroatoms. The number of rotatable bonds is 7. The third-order valence-electron chi connectivity index (χ3n) is 3.62. The first-order valence-electron chi connectivity index (χ1n) is 8.58. The Morgan fingerprint density at radius 2 is 1.68 bits per heavy atom. The highest BCUT2D eigenvalue weighted by Crippen LogP contribution is 2.15. The minimum Gasteiger partial charge on any atom is -0.452 e. The van der Waals surface area contributed by atoms with Crippen LogP contribution in [0.25, 0.3) is 0 Å². The quantitative estimate of drug-likeness (QED) is 0.693. The van der Waals surface area contributed by atoms with Crippen molar-refractivity contribution >= 4 is 34.3 Å². The highest BCUT2D eigenvalue weighted by Gasteiger charge is 2.15. The van der Waals surface area contributed by atoms with Gasteiger partial charge in [0, 0.05) is 28.0 Å². The molecule has 2 aromatic rings. The van der Waals surface area contributed by atoms with Crippen LogP contribution in [0, 0.1) is 0 Å². The van der Waals surface area contributed by atoms with Gasteiger partial charge in [0.2, 0.25) is 0 Å². The van der Waals surface area contributed by atoms with Gasteiger partial charge in [-0.05, 0) is 50.2 Å². The number of anilines is 1. The maximum atomic E-state index is 12.2. The third-order valence-corrected chi connectivity index (χ3v) is 4.56. The molecule has 0 saturated carbocycles. The van der Waals surface area contributed by atoms with Crippen LogP contribution >= 0.6 is 0 Å². The highest BCUT2D eigenvalue weighted by atomic mass is 32.2. The summed E-state index contributed by atoms with van der Waals surface area (Å²) in [5, 5.41) is 5.34. The molecule has 0 aromatic heterocycles. The standard InChI is InChI=1S/C20H22N2O5S/c1-13(2)21-19(24)16-6-4-5-7-17(16)22-18(23)12-27-20(25)14-8-10-15(11-9-14)28(3)26/h4-11,13H,12H2,1-3H3,(H,21,24)(H,22,23). The molecule has 0 fully saturated rings. The number of hydrogen-bond acceptors (Lipinski definition) is 5.